The van der Waals surface area contributed by atoms with Gasteiger partial charge in [0.15, 0.2) is 4.96 Å². The van der Waals surface area contributed by atoms with Crippen LogP contribution in [0.4, 0.5) is 0 Å². The van der Waals surface area contributed by atoms with Crippen molar-refractivity contribution >= 4 is 22.3 Å². The minimum atomic E-state index is -0.217. The highest BCUT2D eigenvalue weighted by molar-refractivity contribution is 7.15. The summed E-state index contributed by atoms with van der Waals surface area (Å²) < 4.78 is 12.7. The Morgan fingerprint density at radius 3 is 2.76 bits per heavy atom. The van der Waals surface area contributed by atoms with Crippen molar-refractivity contribution in [3.8, 4) is 17.0 Å². The van der Waals surface area contributed by atoms with Crippen molar-refractivity contribution in [1.29, 1.82) is 0 Å². The Morgan fingerprint density at radius 2 is 2.04 bits per heavy atom. The van der Waals surface area contributed by atoms with E-state index in [9.17, 15) is 4.79 Å². The average Bonchev–Trinajstić information content (AvgIpc) is 3.18. The second kappa shape index (κ2) is 8.16. The van der Waals surface area contributed by atoms with Crippen molar-refractivity contribution in [3.05, 3.63) is 41.5 Å². The van der Waals surface area contributed by atoms with Gasteiger partial charge >= 0.3 is 5.97 Å². The van der Waals surface area contributed by atoms with Crippen LogP contribution >= 0.6 is 11.3 Å². The maximum atomic E-state index is 11.7. The van der Waals surface area contributed by atoms with E-state index in [0.717, 1.165) is 47.1 Å². The fourth-order valence-corrected chi connectivity index (χ4v) is 3.38. The first-order chi connectivity index (χ1) is 12.2. The topological polar surface area (TPSA) is 52.8 Å². The molecule has 0 fully saturated rings. The number of imidazole rings is 1. The van der Waals surface area contributed by atoms with Gasteiger partial charge in [-0.3, -0.25) is 9.20 Å². The Hall–Kier alpha value is -2.34. The largest absolute Gasteiger partial charge is 0.494 e. The Labute approximate surface area is 151 Å². The summed E-state index contributed by atoms with van der Waals surface area (Å²) in [6.07, 6.45) is 4.40. The Kier molecular flexibility index (Phi) is 5.71. The number of ether oxygens (including phenoxy) is 2. The van der Waals surface area contributed by atoms with Crippen molar-refractivity contribution in [2.24, 2.45) is 0 Å². The molecule has 0 aliphatic heterocycles. The lowest BCUT2D eigenvalue weighted by molar-refractivity contribution is -0.142. The molecule has 0 unspecified atom stereocenters. The van der Waals surface area contributed by atoms with Gasteiger partial charge in [0, 0.05) is 22.8 Å². The maximum absolute atomic E-state index is 11.7. The van der Waals surface area contributed by atoms with Crippen LogP contribution in [0.2, 0.25) is 0 Å². The molecule has 0 aliphatic rings. The van der Waals surface area contributed by atoms with Crippen LogP contribution in [0.5, 0.6) is 5.75 Å². The molecular weight excluding hydrogens is 336 g/mol. The molecule has 0 amide bonds. The monoisotopic (exact) mass is 358 g/mol. The summed E-state index contributed by atoms with van der Waals surface area (Å²) in [5, 5.41) is 1.95. The molecule has 0 N–H and O–H groups in total. The number of thiazole rings is 1. The molecule has 132 valence electrons. The van der Waals surface area contributed by atoms with Gasteiger partial charge in [0.2, 0.25) is 0 Å². The molecule has 0 atom stereocenters. The zero-order valence-electron chi connectivity index (χ0n) is 14.5. The van der Waals surface area contributed by atoms with Crippen molar-refractivity contribution < 1.29 is 14.3 Å². The van der Waals surface area contributed by atoms with Crippen molar-refractivity contribution in [2.45, 2.75) is 33.1 Å². The van der Waals surface area contributed by atoms with Gasteiger partial charge in [0.25, 0.3) is 0 Å². The van der Waals surface area contributed by atoms with Crippen LogP contribution in [0.1, 0.15) is 32.4 Å². The smallest absolute Gasteiger partial charge is 0.311 e. The van der Waals surface area contributed by atoms with E-state index in [1.54, 1.807) is 0 Å². The van der Waals surface area contributed by atoms with Gasteiger partial charge in [-0.2, -0.15) is 0 Å². The third-order valence-corrected chi connectivity index (χ3v) is 4.72. The molecule has 25 heavy (non-hydrogen) atoms. The van der Waals surface area contributed by atoms with Crippen LogP contribution in [0.25, 0.3) is 16.2 Å². The zero-order valence-corrected chi connectivity index (χ0v) is 15.3. The van der Waals surface area contributed by atoms with Crippen molar-refractivity contribution in [2.75, 3.05) is 13.2 Å². The van der Waals surface area contributed by atoms with Crippen LogP contribution in [0, 0.1) is 0 Å². The SMILES string of the molecule is CCCCOc1ccc(-c2cn3c(CC(=O)OCC)csc3n2)cc1. The van der Waals surface area contributed by atoms with Crippen LogP contribution in [0.3, 0.4) is 0 Å². The van der Waals surface area contributed by atoms with Gasteiger partial charge in [0.05, 0.1) is 25.3 Å². The number of unbranched alkanes of at least 4 members (excludes halogenated alkanes) is 1. The number of rotatable bonds is 8. The third kappa shape index (κ3) is 4.20. The number of carbonyl (C=O) groups excluding carboxylic acids is 1. The molecule has 5 nitrogen and oxygen atoms in total. The summed E-state index contributed by atoms with van der Waals surface area (Å²) in [5.74, 6) is 0.659. The number of benzene rings is 1. The maximum Gasteiger partial charge on any atom is 0.311 e. The highest BCUT2D eigenvalue weighted by Gasteiger charge is 2.13. The first-order valence-corrected chi connectivity index (χ1v) is 9.43. The van der Waals surface area contributed by atoms with E-state index < -0.39 is 0 Å². The predicted octanol–water partition coefficient (Wildman–Crippen LogP) is 4.35. The van der Waals surface area contributed by atoms with Gasteiger partial charge in [-0.15, -0.1) is 11.3 Å². The van der Waals surface area contributed by atoms with E-state index >= 15 is 0 Å². The lowest BCUT2D eigenvalue weighted by atomic mass is 10.1. The second-order valence-electron chi connectivity index (χ2n) is 5.71. The number of aromatic nitrogens is 2. The van der Waals surface area contributed by atoms with E-state index in [4.69, 9.17) is 9.47 Å². The molecule has 0 bridgehead atoms. The van der Waals surface area contributed by atoms with Gasteiger partial charge in [-0.05, 0) is 37.6 Å². The number of nitrogens with zero attached hydrogens (tertiary/aromatic N) is 2. The number of carbonyl (C=O) groups is 1. The minimum absolute atomic E-state index is 0.217. The molecular formula is C19H22N2O3S. The van der Waals surface area contributed by atoms with E-state index in [-0.39, 0.29) is 12.4 Å². The van der Waals surface area contributed by atoms with Crippen LogP contribution in [0.15, 0.2) is 35.8 Å². The quantitative estimate of drug-likeness (QED) is 0.444. The summed E-state index contributed by atoms with van der Waals surface area (Å²) in [5.41, 5.74) is 2.81. The van der Waals surface area contributed by atoms with E-state index in [2.05, 4.69) is 11.9 Å². The molecule has 6 heteroatoms. The fraction of sp³-hybridized carbons (Fsp3) is 0.368. The zero-order chi connectivity index (χ0) is 17.6. The van der Waals surface area contributed by atoms with E-state index in [1.165, 1.54) is 11.3 Å². The lowest BCUT2D eigenvalue weighted by Crippen LogP contribution is -2.08. The van der Waals surface area contributed by atoms with Crippen molar-refractivity contribution in [1.82, 2.24) is 9.38 Å². The van der Waals surface area contributed by atoms with Gasteiger partial charge < -0.3 is 9.47 Å². The molecule has 2 aromatic heterocycles. The van der Waals surface area contributed by atoms with E-state index in [0.29, 0.717) is 6.61 Å². The highest BCUT2D eigenvalue weighted by Crippen LogP contribution is 2.25. The molecule has 0 saturated carbocycles. The summed E-state index contributed by atoms with van der Waals surface area (Å²) >= 11 is 1.53. The number of hydrogen-bond acceptors (Lipinski definition) is 5. The summed E-state index contributed by atoms with van der Waals surface area (Å²) in [7, 11) is 0. The highest BCUT2D eigenvalue weighted by atomic mass is 32.1. The number of fused-ring (bicyclic) bond motifs is 1. The summed E-state index contributed by atoms with van der Waals surface area (Å²) in [6.45, 7) is 5.10. The Morgan fingerprint density at radius 1 is 1.24 bits per heavy atom. The summed E-state index contributed by atoms with van der Waals surface area (Å²) in [4.78, 5) is 17.2. The fourth-order valence-electron chi connectivity index (χ4n) is 2.51. The average molecular weight is 358 g/mol. The van der Waals surface area contributed by atoms with Gasteiger partial charge in [-0.1, -0.05) is 13.3 Å². The normalized spacial score (nSPS) is 11.0. The molecule has 1 aromatic carbocycles. The molecule has 3 aromatic rings. The lowest BCUT2D eigenvalue weighted by Gasteiger charge is -2.05. The predicted molar refractivity (Wildman–Crippen MR) is 99.2 cm³/mol. The second-order valence-corrected chi connectivity index (χ2v) is 6.55. The molecule has 0 spiro atoms. The molecule has 3 rings (SSSR count). The van der Waals surface area contributed by atoms with E-state index in [1.807, 2.05) is 47.2 Å². The van der Waals surface area contributed by atoms with Gasteiger partial charge in [0.1, 0.15) is 5.75 Å². The number of hydrogen-bond donors (Lipinski definition) is 0. The first-order valence-electron chi connectivity index (χ1n) is 8.55. The molecule has 0 radical (unpaired) electrons. The molecule has 0 saturated heterocycles. The number of esters is 1. The first kappa shape index (κ1) is 17.5. The Bertz CT molecular complexity index is 836. The minimum Gasteiger partial charge on any atom is -0.494 e. The third-order valence-electron chi connectivity index (χ3n) is 3.83. The van der Waals surface area contributed by atoms with Gasteiger partial charge in [-0.25, -0.2) is 4.98 Å². The standard InChI is InChI=1S/C19H22N2O3S/c1-3-5-10-24-16-8-6-14(7-9-16)17-12-21-15(11-18(22)23-4-2)13-25-19(21)20-17/h6-9,12-13H,3-5,10-11H2,1-2H3. The van der Waals surface area contributed by atoms with Crippen LogP contribution in [-0.2, 0) is 16.0 Å². The van der Waals surface area contributed by atoms with Crippen molar-refractivity contribution in [3.63, 3.8) is 0 Å². The summed E-state index contributed by atoms with van der Waals surface area (Å²) in [6, 6.07) is 7.97. The van der Waals surface area contributed by atoms with Crippen LogP contribution in [-0.4, -0.2) is 28.6 Å². The Balaban J connectivity index is 1.75. The van der Waals surface area contributed by atoms with Crippen LogP contribution < -0.4 is 4.74 Å². The molecule has 0 aliphatic carbocycles. The molecule has 2 heterocycles.